The van der Waals surface area contributed by atoms with Crippen LogP contribution in [-0.2, 0) is 16.0 Å². The van der Waals surface area contributed by atoms with Gasteiger partial charge in [-0.25, -0.2) is 9.98 Å². The lowest BCUT2D eigenvalue weighted by Crippen LogP contribution is -2.38. The number of nitrogens with one attached hydrogen (secondary N) is 2. The highest BCUT2D eigenvalue weighted by Gasteiger charge is 2.16. The molecule has 7 heteroatoms. The molecule has 2 heterocycles. The van der Waals surface area contributed by atoms with Crippen molar-refractivity contribution in [3.05, 3.63) is 23.9 Å². The average molecular weight is 404 g/mol. The number of aromatic nitrogens is 1. The van der Waals surface area contributed by atoms with E-state index >= 15 is 0 Å². The number of hydrogen-bond acceptors (Lipinski definition) is 5. The van der Waals surface area contributed by atoms with Crippen LogP contribution in [0, 0.1) is 0 Å². The maximum atomic E-state index is 6.01. The molecule has 0 atom stereocenters. The Hall–Kier alpha value is -1.86. The minimum atomic E-state index is 0.481. The van der Waals surface area contributed by atoms with Crippen LogP contribution < -0.4 is 15.5 Å². The predicted molar refractivity (Wildman–Crippen MR) is 118 cm³/mol. The van der Waals surface area contributed by atoms with Crippen LogP contribution in [0.3, 0.4) is 0 Å². The first-order valence-corrected chi connectivity index (χ1v) is 11.3. The fraction of sp³-hybridized carbons (Fsp3) is 0.727. The number of morpholine rings is 1. The second-order valence-electron chi connectivity index (χ2n) is 7.69. The molecule has 7 nitrogen and oxygen atoms in total. The van der Waals surface area contributed by atoms with Gasteiger partial charge in [-0.2, -0.15) is 0 Å². The van der Waals surface area contributed by atoms with Crippen LogP contribution in [0.15, 0.2) is 23.3 Å². The van der Waals surface area contributed by atoms with Crippen LogP contribution in [-0.4, -0.2) is 63.0 Å². The number of pyridine rings is 1. The van der Waals surface area contributed by atoms with E-state index in [1.165, 1.54) is 32.1 Å². The largest absolute Gasteiger partial charge is 0.378 e. The first-order valence-electron chi connectivity index (χ1n) is 11.3. The Morgan fingerprint density at radius 3 is 2.86 bits per heavy atom. The molecular weight excluding hydrogens is 366 g/mol. The lowest BCUT2D eigenvalue weighted by Gasteiger charge is -2.29. The highest BCUT2D eigenvalue weighted by atomic mass is 16.5. The van der Waals surface area contributed by atoms with Crippen molar-refractivity contribution in [3.8, 4) is 0 Å². The van der Waals surface area contributed by atoms with E-state index in [9.17, 15) is 0 Å². The number of hydrogen-bond donors (Lipinski definition) is 2. The van der Waals surface area contributed by atoms with Crippen molar-refractivity contribution in [1.29, 1.82) is 0 Å². The molecule has 2 aliphatic rings. The summed E-state index contributed by atoms with van der Waals surface area (Å²) in [5.41, 5.74) is 1.15. The molecule has 0 amide bonds. The van der Waals surface area contributed by atoms with E-state index < -0.39 is 0 Å². The Morgan fingerprint density at radius 1 is 1.24 bits per heavy atom. The summed E-state index contributed by atoms with van der Waals surface area (Å²) in [6, 6.07) is 4.10. The van der Waals surface area contributed by atoms with Gasteiger partial charge >= 0.3 is 0 Å². The topological polar surface area (TPSA) is 71.0 Å². The van der Waals surface area contributed by atoms with Crippen molar-refractivity contribution >= 4 is 11.8 Å². The standard InChI is InChI=1S/C22H37N5O2/c1-2-23-22(25-12-7-15-29-20-9-4-3-5-10-20)26-18-19-8-6-11-24-21(19)27-13-16-28-17-14-27/h6,8,11,20H,2-5,7,9-10,12-18H2,1H3,(H2,23,25,26). The van der Waals surface area contributed by atoms with Crippen LogP contribution in [0.5, 0.6) is 0 Å². The molecule has 0 radical (unpaired) electrons. The van der Waals surface area contributed by atoms with Crippen molar-refractivity contribution in [2.45, 2.75) is 58.1 Å². The molecule has 29 heavy (non-hydrogen) atoms. The number of aliphatic imine (C=N–C) groups is 1. The molecule has 1 aliphatic heterocycles. The fourth-order valence-corrected chi connectivity index (χ4v) is 3.88. The minimum absolute atomic E-state index is 0.481. The van der Waals surface area contributed by atoms with Crippen molar-refractivity contribution < 1.29 is 9.47 Å². The van der Waals surface area contributed by atoms with Gasteiger partial charge in [-0.05, 0) is 32.3 Å². The van der Waals surface area contributed by atoms with E-state index in [4.69, 9.17) is 14.5 Å². The maximum absolute atomic E-state index is 6.01. The Labute approximate surface area is 175 Å². The third-order valence-corrected chi connectivity index (χ3v) is 5.45. The summed E-state index contributed by atoms with van der Waals surface area (Å²) in [6.07, 6.45) is 9.80. The molecule has 2 fully saturated rings. The maximum Gasteiger partial charge on any atom is 0.191 e. The summed E-state index contributed by atoms with van der Waals surface area (Å²) < 4.78 is 11.5. The molecule has 162 valence electrons. The minimum Gasteiger partial charge on any atom is -0.378 e. The van der Waals surface area contributed by atoms with E-state index in [0.29, 0.717) is 12.6 Å². The van der Waals surface area contributed by atoms with E-state index in [1.807, 2.05) is 12.3 Å². The van der Waals surface area contributed by atoms with E-state index in [1.54, 1.807) is 0 Å². The van der Waals surface area contributed by atoms with Crippen molar-refractivity contribution in [2.75, 3.05) is 50.9 Å². The molecule has 0 bridgehead atoms. The average Bonchev–Trinajstić information content (AvgIpc) is 2.78. The Kier molecular flexibility index (Phi) is 9.53. The second kappa shape index (κ2) is 12.6. The lowest BCUT2D eigenvalue weighted by molar-refractivity contribution is 0.0277. The quantitative estimate of drug-likeness (QED) is 0.375. The molecule has 0 aromatic carbocycles. The molecule has 3 rings (SSSR count). The number of ether oxygens (including phenoxy) is 2. The van der Waals surface area contributed by atoms with E-state index in [2.05, 4.69) is 33.5 Å². The summed E-state index contributed by atoms with van der Waals surface area (Å²) in [6.45, 7) is 8.50. The monoisotopic (exact) mass is 403 g/mol. The highest BCUT2D eigenvalue weighted by Crippen LogP contribution is 2.20. The summed E-state index contributed by atoms with van der Waals surface area (Å²) in [5.74, 6) is 1.87. The van der Waals surface area contributed by atoms with E-state index in [-0.39, 0.29) is 0 Å². The van der Waals surface area contributed by atoms with Crippen LogP contribution >= 0.6 is 0 Å². The van der Waals surface area contributed by atoms with Gasteiger partial charge in [-0.15, -0.1) is 0 Å². The number of rotatable bonds is 9. The summed E-state index contributed by atoms with van der Waals surface area (Å²) in [4.78, 5) is 11.7. The number of anilines is 1. The van der Waals surface area contributed by atoms with Gasteiger partial charge in [0.25, 0.3) is 0 Å². The molecule has 1 aliphatic carbocycles. The van der Waals surface area contributed by atoms with Gasteiger partial charge in [0.15, 0.2) is 5.96 Å². The normalized spacial score (nSPS) is 18.7. The Bertz CT molecular complexity index is 613. The van der Waals surface area contributed by atoms with Crippen molar-refractivity contribution in [1.82, 2.24) is 15.6 Å². The van der Waals surface area contributed by atoms with Crippen molar-refractivity contribution in [3.63, 3.8) is 0 Å². The smallest absolute Gasteiger partial charge is 0.191 e. The Morgan fingerprint density at radius 2 is 2.07 bits per heavy atom. The second-order valence-corrected chi connectivity index (χ2v) is 7.69. The molecule has 1 aromatic heterocycles. The molecule has 2 N–H and O–H groups in total. The zero-order chi connectivity index (χ0) is 20.2. The number of nitrogens with zero attached hydrogens (tertiary/aromatic N) is 3. The van der Waals surface area contributed by atoms with Crippen LogP contribution in [0.1, 0.15) is 51.0 Å². The van der Waals surface area contributed by atoms with Crippen molar-refractivity contribution in [2.24, 2.45) is 4.99 Å². The molecule has 0 spiro atoms. The zero-order valence-electron chi connectivity index (χ0n) is 17.9. The molecule has 1 aromatic rings. The first-order chi connectivity index (χ1) is 14.4. The van der Waals surface area contributed by atoms with E-state index in [0.717, 1.165) is 69.8 Å². The third-order valence-electron chi connectivity index (χ3n) is 5.45. The third kappa shape index (κ3) is 7.48. The summed E-state index contributed by atoms with van der Waals surface area (Å²) in [7, 11) is 0. The molecular formula is C22H37N5O2. The zero-order valence-corrected chi connectivity index (χ0v) is 17.9. The van der Waals surface area contributed by atoms with Gasteiger partial charge in [-0.1, -0.05) is 25.3 Å². The van der Waals surface area contributed by atoms with Gasteiger partial charge < -0.3 is 25.0 Å². The van der Waals surface area contributed by atoms with Gasteiger partial charge in [0.1, 0.15) is 5.82 Å². The SMILES string of the molecule is CCNC(=NCc1cccnc1N1CCOCC1)NCCCOC1CCCCC1. The number of guanidine groups is 1. The predicted octanol–water partition coefficient (Wildman–Crippen LogP) is 2.71. The first kappa shape index (κ1) is 21.8. The molecule has 0 unspecified atom stereocenters. The lowest BCUT2D eigenvalue weighted by atomic mass is 9.98. The van der Waals surface area contributed by atoms with Crippen LogP contribution in [0.4, 0.5) is 5.82 Å². The molecule has 1 saturated carbocycles. The van der Waals surface area contributed by atoms with Crippen LogP contribution in [0.25, 0.3) is 0 Å². The summed E-state index contributed by atoms with van der Waals surface area (Å²) in [5, 5.41) is 6.77. The highest BCUT2D eigenvalue weighted by molar-refractivity contribution is 5.79. The fourth-order valence-electron chi connectivity index (χ4n) is 3.88. The van der Waals surface area contributed by atoms with Gasteiger partial charge in [0.2, 0.25) is 0 Å². The van der Waals surface area contributed by atoms with Gasteiger partial charge in [0, 0.05) is 44.5 Å². The summed E-state index contributed by atoms with van der Waals surface area (Å²) >= 11 is 0. The van der Waals surface area contributed by atoms with Crippen LogP contribution in [0.2, 0.25) is 0 Å². The van der Waals surface area contributed by atoms with Gasteiger partial charge in [0.05, 0.1) is 25.9 Å². The Balaban J connectivity index is 1.46. The molecule has 1 saturated heterocycles. The van der Waals surface area contributed by atoms with Gasteiger partial charge in [-0.3, -0.25) is 0 Å².